The van der Waals surface area contributed by atoms with Crippen LogP contribution in [0.5, 0.6) is 5.75 Å². The van der Waals surface area contributed by atoms with Gasteiger partial charge in [0.1, 0.15) is 11.6 Å². The zero-order chi connectivity index (χ0) is 15.0. The Balaban J connectivity index is 2.40. The lowest BCUT2D eigenvalue weighted by Crippen LogP contribution is -2.39. The third kappa shape index (κ3) is 5.57. The molecule has 112 valence electrons. The summed E-state index contributed by atoms with van der Waals surface area (Å²) in [4.78, 5) is 11.9. The van der Waals surface area contributed by atoms with Gasteiger partial charge in [-0.2, -0.15) is 0 Å². The first-order valence-corrected chi connectivity index (χ1v) is 6.87. The maximum Gasteiger partial charge on any atom is 0.260 e. The van der Waals surface area contributed by atoms with Gasteiger partial charge in [0, 0.05) is 13.2 Å². The summed E-state index contributed by atoms with van der Waals surface area (Å²) in [5.74, 6) is 0.161. The van der Waals surface area contributed by atoms with Gasteiger partial charge in [-0.3, -0.25) is 4.79 Å². The van der Waals surface area contributed by atoms with Crippen LogP contribution in [0.25, 0.3) is 0 Å². The Hall–Kier alpha value is -1.62. The fourth-order valence-electron chi connectivity index (χ4n) is 1.79. The molecule has 0 aliphatic heterocycles. The molecule has 1 aromatic rings. The molecule has 2 atom stereocenters. The van der Waals surface area contributed by atoms with Gasteiger partial charge in [0.05, 0.1) is 0 Å². The number of nitrogens with one attached hydrogen (secondary N) is 1. The van der Waals surface area contributed by atoms with E-state index in [1.165, 1.54) is 24.3 Å². The number of ether oxygens (including phenoxy) is 1. The van der Waals surface area contributed by atoms with Crippen molar-refractivity contribution in [2.24, 2.45) is 5.92 Å². The molecule has 0 aliphatic carbocycles. The van der Waals surface area contributed by atoms with Gasteiger partial charge in [0.2, 0.25) is 0 Å². The molecule has 0 aliphatic rings. The summed E-state index contributed by atoms with van der Waals surface area (Å²) in [5.41, 5.74) is 0. The molecule has 0 saturated carbocycles. The summed E-state index contributed by atoms with van der Waals surface area (Å²) < 4.78 is 18.2. The van der Waals surface area contributed by atoms with Crippen LogP contribution in [0.4, 0.5) is 4.39 Å². The number of aliphatic hydroxyl groups excluding tert-OH is 1. The molecule has 0 aromatic heterocycles. The number of benzene rings is 1. The summed E-state index contributed by atoms with van der Waals surface area (Å²) >= 11 is 0. The first-order chi connectivity index (χ1) is 9.56. The molecule has 0 saturated heterocycles. The van der Waals surface area contributed by atoms with Gasteiger partial charge in [-0.05, 0) is 43.5 Å². The number of aliphatic hydroxyl groups is 1. The third-order valence-electron chi connectivity index (χ3n) is 3.18. The van der Waals surface area contributed by atoms with Gasteiger partial charge < -0.3 is 15.2 Å². The predicted molar refractivity (Wildman–Crippen MR) is 75.0 cm³/mol. The Morgan fingerprint density at radius 2 is 2.05 bits per heavy atom. The number of amides is 1. The molecule has 0 fully saturated rings. The minimum atomic E-state index is -0.646. The second kappa shape index (κ2) is 8.53. The van der Waals surface area contributed by atoms with Gasteiger partial charge in [0.25, 0.3) is 5.91 Å². The number of rotatable bonds is 8. The summed E-state index contributed by atoms with van der Waals surface area (Å²) in [6, 6.07) is 5.54. The maximum absolute atomic E-state index is 12.7. The van der Waals surface area contributed by atoms with Crippen molar-refractivity contribution >= 4 is 5.91 Å². The smallest absolute Gasteiger partial charge is 0.260 e. The Kier molecular flexibility index (Phi) is 7.01. The number of hydrogen-bond donors (Lipinski definition) is 2. The lowest BCUT2D eigenvalue weighted by molar-refractivity contribution is -0.127. The highest BCUT2D eigenvalue weighted by atomic mass is 19.1. The summed E-state index contributed by atoms with van der Waals surface area (Å²) in [7, 11) is 0. The van der Waals surface area contributed by atoms with E-state index in [2.05, 4.69) is 5.32 Å². The average molecular weight is 283 g/mol. The van der Waals surface area contributed by atoms with E-state index in [0.29, 0.717) is 18.7 Å². The van der Waals surface area contributed by atoms with Crippen molar-refractivity contribution in [2.75, 3.05) is 13.2 Å². The molecule has 1 rings (SSSR count). The van der Waals surface area contributed by atoms with Crippen LogP contribution >= 0.6 is 0 Å². The van der Waals surface area contributed by atoms with E-state index >= 15 is 0 Å². The topological polar surface area (TPSA) is 58.6 Å². The molecule has 20 heavy (non-hydrogen) atoms. The maximum atomic E-state index is 12.7. The number of carbonyl (C=O) groups excluding carboxylic acids is 1. The highest BCUT2D eigenvalue weighted by Crippen LogP contribution is 2.13. The molecule has 1 aromatic carbocycles. The molecular formula is C15H22FNO3. The minimum Gasteiger partial charge on any atom is -0.481 e. The molecule has 2 N–H and O–H groups in total. The second-order valence-electron chi connectivity index (χ2n) is 4.75. The van der Waals surface area contributed by atoms with Crippen molar-refractivity contribution in [3.8, 4) is 5.75 Å². The van der Waals surface area contributed by atoms with Crippen LogP contribution in [0.15, 0.2) is 24.3 Å². The van der Waals surface area contributed by atoms with Crippen LogP contribution in [0, 0.1) is 11.7 Å². The second-order valence-corrected chi connectivity index (χ2v) is 4.75. The van der Waals surface area contributed by atoms with Crippen LogP contribution < -0.4 is 10.1 Å². The average Bonchev–Trinajstić information content (AvgIpc) is 2.45. The monoisotopic (exact) mass is 283 g/mol. The summed E-state index contributed by atoms with van der Waals surface area (Å²) in [5, 5.41) is 11.7. The van der Waals surface area contributed by atoms with Crippen LogP contribution in [0.3, 0.4) is 0 Å². The Morgan fingerprint density at radius 1 is 1.40 bits per heavy atom. The van der Waals surface area contributed by atoms with Gasteiger partial charge in [-0.1, -0.05) is 13.3 Å². The fraction of sp³-hybridized carbons (Fsp3) is 0.533. The van der Waals surface area contributed by atoms with Crippen molar-refractivity contribution < 1.29 is 19.0 Å². The van der Waals surface area contributed by atoms with Crippen molar-refractivity contribution in [2.45, 2.75) is 32.8 Å². The Bertz CT molecular complexity index is 408. The normalized spacial score (nSPS) is 13.6. The predicted octanol–water partition coefficient (Wildman–Crippen LogP) is 2.12. The van der Waals surface area contributed by atoms with E-state index < -0.39 is 6.10 Å². The quantitative estimate of drug-likeness (QED) is 0.768. The van der Waals surface area contributed by atoms with Gasteiger partial charge in [-0.25, -0.2) is 4.39 Å². The Morgan fingerprint density at radius 3 is 2.60 bits per heavy atom. The molecule has 0 radical (unpaired) electrons. The zero-order valence-electron chi connectivity index (χ0n) is 11.9. The van der Waals surface area contributed by atoms with Crippen LogP contribution in [-0.4, -0.2) is 30.3 Å². The molecule has 0 heterocycles. The van der Waals surface area contributed by atoms with Crippen LogP contribution in [0.2, 0.25) is 0 Å². The first-order valence-electron chi connectivity index (χ1n) is 6.87. The largest absolute Gasteiger partial charge is 0.481 e. The first kappa shape index (κ1) is 16.4. The molecule has 2 unspecified atom stereocenters. The highest BCUT2D eigenvalue weighted by molar-refractivity contribution is 5.80. The fourth-order valence-corrected chi connectivity index (χ4v) is 1.79. The number of carbonyl (C=O) groups is 1. The lowest BCUT2D eigenvalue weighted by Gasteiger charge is -2.18. The zero-order valence-corrected chi connectivity index (χ0v) is 11.9. The van der Waals surface area contributed by atoms with E-state index in [-0.39, 0.29) is 24.2 Å². The minimum absolute atomic E-state index is 0.121. The third-order valence-corrected chi connectivity index (χ3v) is 3.18. The van der Waals surface area contributed by atoms with Crippen molar-refractivity contribution in [3.63, 3.8) is 0 Å². The number of halogens is 1. The van der Waals surface area contributed by atoms with Gasteiger partial charge >= 0.3 is 0 Å². The summed E-state index contributed by atoms with van der Waals surface area (Å²) in [6.45, 7) is 4.31. The molecular weight excluding hydrogens is 261 g/mol. The lowest BCUT2D eigenvalue weighted by atomic mass is 10.0. The number of hydrogen-bond acceptors (Lipinski definition) is 3. The molecule has 0 spiro atoms. The van der Waals surface area contributed by atoms with E-state index in [0.717, 1.165) is 6.42 Å². The van der Waals surface area contributed by atoms with E-state index in [4.69, 9.17) is 9.84 Å². The van der Waals surface area contributed by atoms with E-state index in [1.54, 1.807) is 6.92 Å². The Labute approximate surface area is 119 Å². The highest BCUT2D eigenvalue weighted by Gasteiger charge is 2.16. The summed E-state index contributed by atoms with van der Waals surface area (Å²) in [6.07, 6.45) is 0.921. The van der Waals surface area contributed by atoms with Gasteiger partial charge in [-0.15, -0.1) is 0 Å². The van der Waals surface area contributed by atoms with E-state index in [1.807, 2.05) is 6.92 Å². The van der Waals surface area contributed by atoms with Crippen molar-refractivity contribution in [1.29, 1.82) is 0 Å². The standard InChI is InChI=1S/C15H22FNO3/c1-3-12(8-9-18)10-17-15(19)11(2)20-14-6-4-13(16)5-7-14/h4-7,11-12,18H,3,8-10H2,1-2H3,(H,17,19). The van der Waals surface area contributed by atoms with Crippen molar-refractivity contribution in [3.05, 3.63) is 30.1 Å². The van der Waals surface area contributed by atoms with Gasteiger partial charge in [0.15, 0.2) is 6.10 Å². The molecule has 1 amide bonds. The van der Waals surface area contributed by atoms with Crippen LogP contribution in [-0.2, 0) is 4.79 Å². The van der Waals surface area contributed by atoms with Crippen LogP contribution in [0.1, 0.15) is 26.7 Å². The SMILES string of the molecule is CCC(CCO)CNC(=O)C(C)Oc1ccc(F)cc1. The molecule has 4 nitrogen and oxygen atoms in total. The molecule has 0 bridgehead atoms. The van der Waals surface area contributed by atoms with Crippen molar-refractivity contribution in [1.82, 2.24) is 5.32 Å². The van der Waals surface area contributed by atoms with E-state index in [9.17, 15) is 9.18 Å². The molecule has 5 heteroatoms.